The Balaban J connectivity index is 1.98. The minimum Gasteiger partial charge on any atom is -0.289 e. The Bertz CT molecular complexity index is 802. The van der Waals surface area contributed by atoms with E-state index in [-0.39, 0.29) is 0 Å². The molecule has 2 N–H and O–H groups in total. The smallest absolute Gasteiger partial charge is 0.268 e. The van der Waals surface area contributed by atoms with Crippen molar-refractivity contribution in [2.24, 2.45) is 0 Å². The van der Waals surface area contributed by atoms with Crippen molar-refractivity contribution in [1.29, 1.82) is 0 Å². The van der Waals surface area contributed by atoms with Crippen LogP contribution < -0.4 is 5.48 Å². The molecule has 3 rings (SSSR count). The first kappa shape index (κ1) is 14.7. The van der Waals surface area contributed by atoms with E-state index in [0.717, 1.165) is 20.9 Å². The highest BCUT2D eigenvalue weighted by molar-refractivity contribution is 9.10. The predicted octanol–water partition coefficient (Wildman–Crippen LogP) is 3.09. The normalized spacial score (nSPS) is 12.3. The number of rotatable bonds is 4. The number of benzene rings is 2. The van der Waals surface area contributed by atoms with Crippen molar-refractivity contribution in [2.45, 2.75) is 12.5 Å². The second-order valence-electron chi connectivity index (χ2n) is 4.99. The van der Waals surface area contributed by atoms with Gasteiger partial charge in [-0.1, -0.05) is 52.3 Å². The highest BCUT2D eigenvalue weighted by atomic mass is 79.9. The van der Waals surface area contributed by atoms with Gasteiger partial charge in [-0.15, -0.1) is 0 Å². The molecule has 0 saturated carbocycles. The van der Waals surface area contributed by atoms with Crippen LogP contribution in [0.3, 0.4) is 0 Å². The zero-order valence-electron chi connectivity index (χ0n) is 11.6. The summed E-state index contributed by atoms with van der Waals surface area (Å²) in [7, 11) is 0. The third-order valence-electron chi connectivity index (χ3n) is 3.49. The maximum atomic E-state index is 12.0. The maximum absolute atomic E-state index is 12.0. The van der Waals surface area contributed by atoms with Gasteiger partial charge in [-0.05, 0) is 17.7 Å². The molecule has 1 aromatic heterocycles. The highest BCUT2D eigenvalue weighted by Gasteiger charge is 2.22. The van der Waals surface area contributed by atoms with Crippen molar-refractivity contribution in [3.8, 4) is 0 Å². The summed E-state index contributed by atoms with van der Waals surface area (Å²) in [5.41, 5.74) is 3.52. The van der Waals surface area contributed by atoms with Gasteiger partial charge in [0.15, 0.2) is 0 Å². The van der Waals surface area contributed by atoms with E-state index in [4.69, 9.17) is 5.21 Å². The summed E-state index contributed by atoms with van der Waals surface area (Å²) < 4.78 is 2.52. The van der Waals surface area contributed by atoms with E-state index in [0.29, 0.717) is 6.42 Å². The number of hydrogen-bond donors (Lipinski definition) is 2. The van der Waals surface area contributed by atoms with Crippen molar-refractivity contribution >= 4 is 32.7 Å². The van der Waals surface area contributed by atoms with E-state index in [1.54, 1.807) is 10.2 Å². The summed E-state index contributed by atoms with van der Waals surface area (Å²) in [4.78, 5) is 12.0. The molecule has 5 nitrogen and oxygen atoms in total. The Morgan fingerprint density at radius 2 is 2.05 bits per heavy atom. The lowest BCUT2D eigenvalue weighted by Gasteiger charge is -2.15. The first-order valence-corrected chi connectivity index (χ1v) is 7.59. The molecule has 3 aromatic rings. The SMILES string of the molecule is O=C(NO)C(Cc1ccccc1)n1cc2ccc(Br)cc2n1. The van der Waals surface area contributed by atoms with E-state index in [1.807, 2.05) is 54.7 Å². The summed E-state index contributed by atoms with van der Waals surface area (Å²) in [6, 6.07) is 14.8. The molecule has 0 bridgehead atoms. The molecule has 1 heterocycles. The van der Waals surface area contributed by atoms with Crippen molar-refractivity contribution in [3.05, 3.63) is 64.8 Å². The Morgan fingerprint density at radius 1 is 1.27 bits per heavy atom. The van der Waals surface area contributed by atoms with Gasteiger partial charge in [0, 0.05) is 22.5 Å². The molecule has 0 spiro atoms. The number of carbonyl (C=O) groups is 1. The third kappa shape index (κ3) is 3.03. The molecule has 1 atom stereocenters. The topological polar surface area (TPSA) is 67.2 Å². The number of amides is 1. The van der Waals surface area contributed by atoms with E-state index >= 15 is 0 Å². The van der Waals surface area contributed by atoms with Crippen LogP contribution in [-0.2, 0) is 11.2 Å². The highest BCUT2D eigenvalue weighted by Crippen LogP contribution is 2.22. The predicted molar refractivity (Wildman–Crippen MR) is 86.5 cm³/mol. The van der Waals surface area contributed by atoms with Crippen LogP contribution in [0.2, 0.25) is 0 Å². The van der Waals surface area contributed by atoms with Gasteiger partial charge >= 0.3 is 0 Å². The van der Waals surface area contributed by atoms with Crippen LogP contribution in [0.4, 0.5) is 0 Å². The lowest BCUT2D eigenvalue weighted by molar-refractivity contribution is -0.132. The molecular formula is C16H14BrN3O2. The minimum absolute atomic E-state index is 0.447. The lowest BCUT2D eigenvalue weighted by atomic mass is 10.1. The van der Waals surface area contributed by atoms with E-state index in [2.05, 4.69) is 21.0 Å². The van der Waals surface area contributed by atoms with Gasteiger partial charge in [0.2, 0.25) is 0 Å². The number of halogens is 1. The summed E-state index contributed by atoms with van der Waals surface area (Å²) >= 11 is 3.41. The molecule has 0 aliphatic heterocycles. The molecule has 0 saturated heterocycles. The van der Waals surface area contributed by atoms with Gasteiger partial charge < -0.3 is 0 Å². The van der Waals surface area contributed by atoms with Gasteiger partial charge in [-0.25, -0.2) is 5.48 Å². The zero-order chi connectivity index (χ0) is 15.5. The number of carbonyl (C=O) groups excluding carboxylic acids is 1. The number of nitrogens with zero attached hydrogens (tertiary/aromatic N) is 2. The van der Waals surface area contributed by atoms with Crippen molar-refractivity contribution in [1.82, 2.24) is 15.3 Å². The van der Waals surface area contributed by atoms with E-state index < -0.39 is 11.9 Å². The maximum Gasteiger partial charge on any atom is 0.268 e. The molecule has 22 heavy (non-hydrogen) atoms. The average molecular weight is 360 g/mol. The van der Waals surface area contributed by atoms with Crippen molar-refractivity contribution in [3.63, 3.8) is 0 Å². The monoisotopic (exact) mass is 359 g/mol. The first-order chi connectivity index (χ1) is 10.7. The number of fused-ring (bicyclic) bond motifs is 1. The Morgan fingerprint density at radius 3 is 2.77 bits per heavy atom. The van der Waals surface area contributed by atoms with Crippen LogP contribution in [0.5, 0.6) is 0 Å². The average Bonchev–Trinajstić information content (AvgIpc) is 2.95. The molecule has 0 fully saturated rings. The number of hydrogen-bond acceptors (Lipinski definition) is 3. The molecule has 1 unspecified atom stereocenters. The van der Waals surface area contributed by atoms with Crippen LogP contribution in [0.15, 0.2) is 59.2 Å². The summed E-state index contributed by atoms with van der Waals surface area (Å²) in [6.07, 6.45) is 2.26. The first-order valence-electron chi connectivity index (χ1n) is 6.79. The summed E-state index contributed by atoms with van der Waals surface area (Å²) in [6.45, 7) is 0. The van der Waals surface area contributed by atoms with Crippen LogP contribution in [0.25, 0.3) is 10.9 Å². The Labute approximate surface area is 135 Å². The largest absolute Gasteiger partial charge is 0.289 e. The molecule has 6 heteroatoms. The molecule has 0 aliphatic carbocycles. The van der Waals surface area contributed by atoms with Gasteiger partial charge in [0.05, 0.1) is 5.52 Å². The minimum atomic E-state index is -0.612. The standard InChI is InChI=1S/C16H14BrN3O2/c17-13-7-6-12-10-20(18-14(12)9-13)15(16(21)19-22)8-11-4-2-1-3-5-11/h1-7,9-10,15,22H,8H2,(H,19,21). The molecule has 112 valence electrons. The number of hydroxylamine groups is 1. The molecule has 2 aromatic carbocycles. The Hall–Kier alpha value is -2.18. The second kappa shape index (κ2) is 6.29. The fraction of sp³-hybridized carbons (Fsp3) is 0.125. The van der Waals surface area contributed by atoms with E-state index in [1.165, 1.54) is 0 Å². The van der Waals surface area contributed by atoms with E-state index in [9.17, 15) is 4.79 Å². The van der Waals surface area contributed by atoms with Crippen LogP contribution in [0, 0.1) is 0 Å². The van der Waals surface area contributed by atoms with Gasteiger partial charge in [-0.3, -0.25) is 14.7 Å². The fourth-order valence-corrected chi connectivity index (χ4v) is 2.74. The van der Waals surface area contributed by atoms with Crippen molar-refractivity contribution < 1.29 is 10.0 Å². The van der Waals surface area contributed by atoms with Crippen LogP contribution in [-0.4, -0.2) is 20.9 Å². The molecular weight excluding hydrogens is 346 g/mol. The Kier molecular flexibility index (Phi) is 4.22. The zero-order valence-corrected chi connectivity index (χ0v) is 13.2. The third-order valence-corrected chi connectivity index (χ3v) is 3.98. The molecule has 0 aliphatic rings. The summed E-state index contributed by atoms with van der Waals surface area (Å²) in [5, 5.41) is 14.4. The van der Waals surface area contributed by atoms with Crippen molar-refractivity contribution in [2.75, 3.05) is 0 Å². The molecule has 1 amide bonds. The fourth-order valence-electron chi connectivity index (χ4n) is 2.39. The lowest BCUT2D eigenvalue weighted by Crippen LogP contribution is -2.32. The van der Waals surface area contributed by atoms with Gasteiger partial charge in [0.25, 0.3) is 5.91 Å². The van der Waals surface area contributed by atoms with Gasteiger partial charge in [-0.2, -0.15) is 5.10 Å². The number of nitrogens with one attached hydrogen (secondary N) is 1. The second-order valence-corrected chi connectivity index (χ2v) is 5.91. The molecule has 0 radical (unpaired) electrons. The van der Waals surface area contributed by atoms with Crippen LogP contribution in [0.1, 0.15) is 11.6 Å². The van der Waals surface area contributed by atoms with Gasteiger partial charge in [0.1, 0.15) is 6.04 Å². The number of aromatic nitrogens is 2. The summed E-state index contributed by atoms with van der Waals surface area (Å²) in [5.74, 6) is -0.490. The van der Waals surface area contributed by atoms with Crippen LogP contribution >= 0.6 is 15.9 Å². The quantitative estimate of drug-likeness (QED) is 0.555.